The molecule has 0 aromatic rings. The number of hydrogen-bond acceptors (Lipinski definition) is 2. The van der Waals surface area contributed by atoms with Gasteiger partial charge in [0.15, 0.2) is 0 Å². The van der Waals surface area contributed by atoms with Crippen molar-refractivity contribution >= 4 is 11.8 Å². The second kappa shape index (κ2) is 5.51. The summed E-state index contributed by atoms with van der Waals surface area (Å²) in [6.45, 7) is 5.31. The van der Waals surface area contributed by atoms with E-state index in [0.717, 1.165) is 6.08 Å². The molecule has 3 nitrogen and oxygen atoms in total. The molecule has 0 aliphatic rings. The van der Waals surface area contributed by atoms with Gasteiger partial charge < -0.3 is 5.11 Å². The molecular weight excluding hydrogens is 168 g/mol. The molecular formula is C10H16O3. The molecule has 3 heteroatoms. The zero-order chi connectivity index (χ0) is 10.4. The van der Waals surface area contributed by atoms with Gasteiger partial charge in [0.2, 0.25) is 0 Å². The monoisotopic (exact) mass is 184 g/mol. The van der Waals surface area contributed by atoms with E-state index < -0.39 is 5.97 Å². The van der Waals surface area contributed by atoms with E-state index in [9.17, 15) is 9.59 Å². The van der Waals surface area contributed by atoms with E-state index >= 15 is 0 Å². The molecule has 0 aromatic carbocycles. The van der Waals surface area contributed by atoms with Crippen molar-refractivity contribution in [3.8, 4) is 0 Å². The molecule has 0 radical (unpaired) electrons. The predicted molar refractivity (Wildman–Crippen MR) is 50.4 cm³/mol. The highest BCUT2D eigenvalue weighted by Gasteiger charge is 2.10. The number of ketones is 1. The van der Waals surface area contributed by atoms with Gasteiger partial charge in [-0.15, -0.1) is 0 Å². The highest BCUT2D eigenvalue weighted by atomic mass is 16.4. The van der Waals surface area contributed by atoms with Gasteiger partial charge >= 0.3 is 5.97 Å². The fraction of sp³-hybridized carbons (Fsp3) is 0.600. The van der Waals surface area contributed by atoms with Gasteiger partial charge in [0.05, 0.1) is 0 Å². The Labute approximate surface area is 78.5 Å². The lowest BCUT2D eigenvalue weighted by Crippen LogP contribution is -2.09. The van der Waals surface area contributed by atoms with E-state index in [1.54, 1.807) is 13.0 Å². The molecule has 0 amide bonds. The summed E-state index contributed by atoms with van der Waals surface area (Å²) in [4.78, 5) is 21.0. The van der Waals surface area contributed by atoms with Crippen LogP contribution in [0.25, 0.3) is 0 Å². The van der Waals surface area contributed by atoms with Crippen molar-refractivity contribution in [3.05, 3.63) is 12.2 Å². The molecule has 0 heterocycles. The van der Waals surface area contributed by atoms with Gasteiger partial charge in [-0.2, -0.15) is 0 Å². The number of Topliss-reactive ketones (excluding diaryl/α,β-unsaturated/α-hetero) is 1. The van der Waals surface area contributed by atoms with Gasteiger partial charge in [-0.25, -0.2) is 4.79 Å². The maximum Gasteiger partial charge on any atom is 0.327 e. The van der Waals surface area contributed by atoms with Gasteiger partial charge in [0, 0.05) is 12.0 Å². The third-order valence-corrected chi connectivity index (χ3v) is 1.99. The van der Waals surface area contributed by atoms with Gasteiger partial charge in [0.1, 0.15) is 5.78 Å². The standard InChI is InChI=1S/C10H16O3/c1-7(4-5-10(12)13)6-8(2)9(3)11/h4-5,7-8H,6H2,1-3H3,(H,12,13)/b5-4+. The van der Waals surface area contributed by atoms with Crippen LogP contribution in [0.4, 0.5) is 0 Å². The Hall–Kier alpha value is -1.12. The normalized spacial score (nSPS) is 15.6. The van der Waals surface area contributed by atoms with E-state index in [1.807, 2.05) is 13.8 Å². The van der Waals surface area contributed by atoms with Gasteiger partial charge in [-0.05, 0) is 19.3 Å². The number of allylic oxidation sites excluding steroid dienone is 1. The van der Waals surface area contributed by atoms with Crippen LogP contribution in [-0.4, -0.2) is 16.9 Å². The molecule has 2 atom stereocenters. The first-order valence-corrected chi connectivity index (χ1v) is 4.35. The fourth-order valence-electron chi connectivity index (χ4n) is 1.05. The average molecular weight is 184 g/mol. The third kappa shape index (κ3) is 6.08. The first-order chi connectivity index (χ1) is 5.93. The van der Waals surface area contributed by atoms with Crippen LogP contribution < -0.4 is 0 Å². The van der Waals surface area contributed by atoms with Crippen LogP contribution in [0.1, 0.15) is 27.2 Å². The second-order valence-electron chi connectivity index (χ2n) is 3.42. The van der Waals surface area contributed by atoms with Crippen molar-refractivity contribution in [2.24, 2.45) is 11.8 Å². The molecule has 0 aliphatic heterocycles. The molecule has 13 heavy (non-hydrogen) atoms. The van der Waals surface area contributed by atoms with Gasteiger partial charge in [-0.1, -0.05) is 19.9 Å². The number of carboxylic acid groups (broad SMARTS) is 1. The van der Waals surface area contributed by atoms with Gasteiger partial charge in [0.25, 0.3) is 0 Å². The van der Waals surface area contributed by atoms with E-state index in [-0.39, 0.29) is 17.6 Å². The topological polar surface area (TPSA) is 54.4 Å². The zero-order valence-corrected chi connectivity index (χ0v) is 8.28. The largest absolute Gasteiger partial charge is 0.478 e. The highest BCUT2D eigenvalue weighted by Crippen LogP contribution is 2.13. The SMILES string of the molecule is CC(=O)C(C)CC(C)/C=C/C(=O)O. The summed E-state index contributed by atoms with van der Waals surface area (Å²) in [5, 5.41) is 8.35. The molecule has 74 valence electrons. The minimum absolute atomic E-state index is 0.00782. The number of carbonyl (C=O) groups is 2. The Morgan fingerprint density at radius 1 is 1.38 bits per heavy atom. The Balaban J connectivity index is 3.93. The lowest BCUT2D eigenvalue weighted by Gasteiger charge is -2.10. The smallest absolute Gasteiger partial charge is 0.327 e. The Bertz CT molecular complexity index is 218. The first-order valence-electron chi connectivity index (χ1n) is 4.35. The molecule has 0 saturated heterocycles. The Morgan fingerprint density at radius 2 is 1.92 bits per heavy atom. The number of hydrogen-bond donors (Lipinski definition) is 1. The summed E-state index contributed by atoms with van der Waals surface area (Å²) >= 11 is 0. The number of rotatable bonds is 5. The maximum atomic E-state index is 10.9. The zero-order valence-electron chi connectivity index (χ0n) is 8.28. The van der Waals surface area contributed by atoms with Crippen LogP contribution in [0.15, 0.2) is 12.2 Å². The van der Waals surface area contributed by atoms with Crippen molar-refractivity contribution < 1.29 is 14.7 Å². The predicted octanol–water partition coefficient (Wildman–Crippen LogP) is 1.88. The lowest BCUT2D eigenvalue weighted by molar-refractivity contribution is -0.131. The van der Waals surface area contributed by atoms with Crippen molar-refractivity contribution in [2.45, 2.75) is 27.2 Å². The average Bonchev–Trinajstić information content (AvgIpc) is 2.00. The van der Waals surface area contributed by atoms with E-state index in [4.69, 9.17) is 5.11 Å². The lowest BCUT2D eigenvalue weighted by atomic mass is 9.94. The number of carboxylic acids is 1. The first kappa shape index (κ1) is 11.9. The molecule has 0 fully saturated rings. The van der Waals surface area contributed by atoms with E-state index in [2.05, 4.69) is 0 Å². The summed E-state index contributed by atoms with van der Waals surface area (Å²) in [6, 6.07) is 0. The van der Waals surface area contributed by atoms with Crippen LogP contribution in [-0.2, 0) is 9.59 Å². The van der Waals surface area contributed by atoms with E-state index in [1.165, 1.54) is 0 Å². The highest BCUT2D eigenvalue weighted by molar-refractivity contribution is 5.80. The Morgan fingerprint density at radius 3 is 2.31 bits per heavy atom. The van der Waals surface area contributed by atoms with Crippen molar-refractivity contribution in [1.82, 2.24) is 0 Å². The minimum Gasteiger partial charge on any atom is -0.478 e. The molecule has 0 aromatic heterocycles. The number of carbonyl (C=O) groups excluding carboxylic acids is 1. The third-order valence-electron chi connectivity index (χ3n) is 1.99. The van der Waals surface area contributed by atoms with Crippen LogP contribution in [0.2, 0.25) is 0 Å². The van der Waals surface area contributed by atoms with Crippen molar-refractivity contribution in [2.75, 3.05) is 0 Å². The van der Waals surface area contributed by atoms with E-state index in [0.29, 0.717) is 6.42 Å². The van der Waals surface area contributed by atoms with Crippen LogP contribution in [0.3, 0.4) is 0 Å². The summed E-state index contributed by atoms with van der Waals surface area (Å²) in [7, 11) is 0. The molecule has 2 unspecified atom stereocenters. The summed E-state index contributed by atoms with van der Waals surface area (Å²) in [5.41, 5.74) is 0. The fourth-order valence-corrected chi connectivity index (χ4v) is 1.05. The molecule has 0 bridgehead atoms. The molecule has 0 rings (SSSR count). The van der Waals surface area contributed by atoms with Crippen LogP contribution in [0.5, 0.6) is 0 Å². The van der Waals surface area contributed by atoms with Crippen molar-refractivity contribution in [1.29, 1.82) is 0 Å². The summed E-state index contributed by atoms with van der Waals surface area (Å²) < 4.78 is 0. The summed E-state index contributed by atoms with van der Waals surface area (Å²) in [6.07, 6.45) is 3.44. The maximum absolute atomic E-state index is 10.9. The second-order valence-corrected chi connectivity index (χ2v) is 3.42. The molecule has 1 N–H and O–H groups in total. The van der Waals surface area contributed by atoms with Gasteiger partial charge in [-0.3, -0.25) is 4.79 Å². The van der Waals surface area contributed by atoms with Crippen LogP contribution >= 0.6 is 0 Å². The molecule has 0 aliphatic carbocycles. The Kier molecular flexibility index (Phi) is 5.04. The van der Waals surface area contributed by atoms with Crippen LogP contribution in [0, 0.1) is 11.8 Å². The molecule has 0 saturated carbocycles. The quantitative estimate of drug-likeness (QED) is 0.664. The number of aliphatic carboxylic acids is 1. The molecule has 0 spiro atoms. The summed E-state index contributed by atoms with van der Waals surface area (Å²) in [5.74, 6) is -0.652. The van der Waals surface area contributed by atoms with Crippen molar-refractivity contribution in [3.63, 3.8) is 0 Å². The minimum atomic E-state index is -0.942.